The minimum atomic E-state index is 0.0991. The first kappa shape index (κ1) is 17.2. The van der Waals surface area contributed by atoms with E-state index in [1.807, 2.05) is 12.1 Å². The summed E-state index contributed by atoms with van der Waals surface area (Å²) in [5.41, 5.74) is 4.75. The van der Waals surface area contributed by atoms with E-state index >= 15 is 0 Å². The van der Waals surface area contributed by atoms with Crippen molar-refractivity contribution in [1.82, 2.24) is 5.32 Å². The van der Waals surface area contributed by atoms with Crippen molar-refractivity contribution < 1.29 is 9.53 Å². The molecule has 1 N–H and O–H groups in total. The molecule has 0 aliphatic rings. The molecule has 1 amide bonds. The van der Waals surface area contributed by atoms with Gasteiger partial charge in [-0.1, -0.05) is 48.0 Å². The van der Waals surface area contributed by atoms with Crippen molar-refractivity contribution in [1.29, 1.82) is 0 Å². The number of hydrogen-bond donors (Lipinski definition) is 1. The van der Waals surface area contributed by atoms with Gasteiger partial charge in [0, 0.05) is 26.7 Å². The Balaban J connectivity index is 1.89. The Hall–Kier alpha value is -2.13. The van der Waals surface area contributed by atoms with Crippen LogP contribution in [0.15, 0.2) is 48.5 Å². The van der Waals surface area contributed by atoms with Crippen LogP contribution < -0.4 is 5.32 Å². The molecule has 0 radical (unpaired) electrons. The average molecular weight is 311 g/mol. The molecule has 2 aromatic rings. The topological polar surface area (TPSA) is 38.3 Å². The second-order valence-corrected chi connectivity index (χ2v) is 5.80. The molecule has 0 bridgehead atoms. The van der Waals surface area contributed by atoms with E-state index in [-0.39, 0.29) is 5.91 Å². The quantitative estimate of drug-likeness (QED) is 0.746. The van der Waals surface area contributed by atoms with Gasteiger partial charge in [0.05, 0.1) is 0 Å². The van der Waals surface area contributed by atoms with Crippen LogP contribution in [0.2, 0.25) is 0 Å². The lowest BCUT2D eigenvalue weighted by Crippen LogP contribution is -2.22. The molecule has 0 spiro atoms. The Kier molecular flexibility index (Phi) is 6.82. The molecule has 0 unspecified atom stereocenters. The van der Waals surface area contributed by atoms with E-state index in [4.69, 9.17) is 4.74 Å². The molecule has 122 valence electrons. The fourth-order valence-corrected chi connectivity index (χ4v) is 2.51. The van der Waals surface area contributed by atoms with Crippen LogP contribution in [0.5, 0.6) is 0 Å². The van der Waals surface area contributed by atoms with Crippen LogP contribution >= 0.6 is 0 Å². The number of rotatable bonds is 8. The number of aryl methyl sites for hydroxylation is 1. The van der Waals surface area contributed by atoms with Crippen LogP contribution in [0.3, 0.4) is 0 Å². The molecule has 3 heteroatoms. The molecule has 0 saturated carbocycles. The summed E-state index contributed by atoms with van der Waals surface area (Å²) >= 11 is 0. The van der Waals surface area contributed by atoms with Gasteiger partial charge in [0.1, 0.15) is 0 Å². The number of carbonyl (C=O) groups excluding carboxylic acids is 1. The van der Waals surface area contributed by atoms with Crippen LogP contribution in [0.1, 0.15) is 30.4 Å². The highest BCUT2D eigenvalue weighted by Crippen LogP contribution is 2.21. The summed E-state index contributed by atoms with van der Waals surface area (Å²) in [4.78, 5) is 11.8. The van der Waals surface area contributed by atoms with Crippen LogP contribution in [-0.2, 0) is 16.1 Å². The van der Waals surface area contributed by atoms with E-state index in [0.29, 0.717) is 19.6 Å². The first-order valence-corrected chi connectivity index (χ1v) is 8.10. The maximum atomic E-state index is 11.8. The first-order chi connectivity index (χ1) is 11.2. The number of methoxy groups -OCH3 is 1. The van der Waals surface area contributed by atoms with Crippen LogP contribution in [0.25, 0.3) is 11.1 Å². The van der Waals surface area contributed by atoms with Crippen LogP contribution in [0, 0.1) is 6.92 Å². The fraction of sp³-hybridized carbons (Fsp3) is 0.350. The number of carbonyl (C=O) groups is 1. The molecule has 0 aromatic heterocycles. The van der Waals surface area contributed by atoms with Crippen molar-refractivity contribution in [3.8, 4) is 11.1 Å². The normalized spacial score (nSPS) is 10.5. The van der Waals surface area contributed by atoms with E-state index in [0.717, 1.165) is 18.4 Å². The Morgan fingerprint density at radius 2 is 1.78 bits per heavy atom. The van der Waals surface area contributed by atoms with Crippen molar-refractivity contribution in [3.05, 3.63) is 59.7 Å². The van der Waals surface area contributed by atoms with E-state index in [1.54, 1.807) is 7.11 Å². The predicted octanol–water partition coefficient (Wildman–Crippen LogP) is 4.09. The Morgan fingerprint density at radius 3 is 2.52 bits per heavy atom. The second kappa shape index (κ2) is 9.11. The zero-order valence-corrected chi connectivity index (χ0v) is 14.0. The van der Waals surface area contributed by atoms with Crippen LogP contribution in [-0.4, -0.2) is 19.6 Å². The lowest BCUT2D eigenvalue weighted by Gasteiger charge is -2.08. The van der Waals surface area contributed by atoms with E-state index in [1.165, 1.54) is 16.7 Å². The minimum Gasteiger partial charge on any atom is -0.385 e. The summed E-state index contributed by atoms with van der Waals surface area (Å²) in [6.45, 7) is 3.38. The van der Waals surface area contributed by atoms with Gasteiger partial charge >= 0.3 is 0 Å². The SMILES string of the molecule is COCCCCC(=O)NCc1cccc(-c2cccc(C)c2)c1. The maximum absolute atomic E-state index is 11.8. The summed E-state index contributed by atoms with van der Waals surface area (Å²) in [5.74, 6) is 0.0991. The Labute approximate surface area is 138 Å². The van der Waals surface area contributed by atoms with Gasteiger partial charge in [-0.15, -0.1) is 0 Å². The predicted molar refractivity (Wildman–Crippen MR) is 94.2 cm³/mol. The highest BCUT2D eigenvalue weighted by atomic mass is 16.5. The van der Waals surface area contributed by atoms with Gasteiger partial charge in [0.15, 0.2) is 0 Å². The minimum absolute atomic E-state index is 0.0991. The third-order valence-corrected chi connectivity index (χ3v) is 3.77. The molecule has 0 fully saturated rings. The number of ether oxygens (including phenoxy) is 1. The molecular formula is C20H25NO2. The zero-order valence-electron chi connectivity index (χ0n) is 14.0. The third kappa shape index (κ3) is 5.87. The van der Waals surface area contributed by atoms with E-state index in [2.05, 4.69) is 48.6 Å². The smallest absolute Gasteiger partial charge is 0.220 e. The van der Waals surface area contributed by atoms with Crippen molar-refractivity contribution in [2.45, 2.75) is 32.7 Å². The average Bonchev–Trinajstić information content (AvgIpc) is 2.57. The molecule has 0 aliphatic heterocycles. The fourth-order valence-electron chi connectivity index (χ4n) is 2.51. The number of nitrogens with one attached hydrogen (secondary N) is 1. The van der Waals surface area contributed by atoms with Gasteiger partial charge in [-0.25, -0.2) is 0 Å². The summed E-state index contributed by atoms with van der Waals surface area (Å²) in [7, 11) is 1.68. The third-order valence-electron chi connectivity index (χ3n) is 3.77. The molecule has 2 rings (SSSR count). The van der Waals surface area contributed by atoms with Gasteiger partial charge in [-0.3, -0.25) is 4.79 Å². The maximum Gasteiger partial charge on any atom is 0.220 e. The zero-order chi connectivity index (χ0) is 16.5. The summed E-state index contributed by atoms with van der Waals surface area (Å²) in [6.07, 6.45) is 2.34. The van der Waals surface area contributed by atoms with Gasteiger partial charge in [0.25, 0.3) is 0 Å². The Bertz CT molecular complexity index is 637. The van der Waals surface area contributed by atoms with E-state index in [9.17, 15) is 4.79 Å². The molecule has 3 nitrogen and oxygen atoms in total. The lowest BCUT2D eigenvalue weighted by atomic mass is 10.0. The second-order valence-electron chi connectivity index (χ2n) is 5.80. The number of hydrogen-bond acceptors (Lipinski definition) is 2. The molecule has 0 aliphatic carbocycles. The molecule has 0 heterocycles. The number of benzene rings is 2. The monoisotopic (exact) mass is 311 g/mol. The van der Waals surface area contributed by atoms with Crippen molar-refractivity contribution >= 4 is 5.91 Å². The lowest BCUT2D eigenvalue weighted by molar-refractivity contribution is -0.121. The summed E-state index contributed by atoms with van der Waals surface area (Å²) < 4.78 is 4.98. The van der Waals surface area contributed by atoms with Crippen molar-refractivity contribution in [2.24, 2.45) is 0 Å². The highest BCUT2D eigenvalue weighted by Gasteiger charge is 2.03. The van der Waals surface area contributed by atoms with E-state index < -0.39 is 0 Å². The van der Waals surface area contributed by atoms with Gasteiger partial charge in [-0.2, -0.15) is 0 Å². The molecule has 2 aromatic carbocycles. The first-order valence-electron chi connectivity index (χ1n) is 8.10. The summed E-state index contributed by atoms with van der Waals surface area (Å²) in [6, 6.07) is 16.8. The standard InChI is InChI=1S/C20H25NO2/c1-16-7-5-9-18(13-16)19-10-6-8-17(14-19)15-21-20(22)11-3-4-12-23-2/h5-10,13-14H,3-4,11-12,15H2,1-2H3,(H,21,22). The number of unbranched alkanes of at least 4 members (excludes halogenated alkanes) is 1. The largest absolute Gasteiger partial charge is 0.385 e. The molecule has 0 atom stereocenters. The summed E-state index contributed by atoms with van der Waals surface area (Å²) in [5, 5.41) is 2.99. The Morgan fingerprint density at radius 1 is 1.04 bits per heavy atom. The number of amides is 1. The molecular weight excluding hydrogens is 286 g/mol. The van der Waals surface area contributed by atoms with Crippen molar-refractivity contribution in [2.75, 3.05) is 13.7 Å². The van der Waals surface area contributed by atoms with Gasteiger partial charge in [-0.05, 0) is 42.5 Å². The molecule has 23 heavy (non-hydrogen) atoms. The van der Waals surface area contributed by atoms with Gasteiger partial charge < -0.3 is 10.1 Å². The van der Waals surface area contributed by atoms with Gasteiger partial charge in [0.2, 0.25) is 5.91 Å². The highest BCUT2D eigenvalue weighted by molar-refractivity contribution is 5.76. The van der Waals surface area contributed by atoms with Crippen molar-refractivity contribution in [3.63, 3.8) is 0 Å². The van der Waals surface area contributed by atoms with Crippen LogP contribution in [0.4, 0.5) is 0 Å². The molecule has 0 saturated heterocycles.